The molecule has 0 heterocycles. The van der Waals surface area contributed by atoms with Crippen LogP contribution in [0.15, 0.2) is 36.0 Å². The molecule has 0 radical (unpaired) electrons. The number of rotatable bonds is 32. The van der Waals surface area contributed by atoms with Gasteiger partial charge in [0.25, 0.3) is 0 Å². The van der Waals surface area contributed by atoms with Gasteiger partial charge in [0.05, 0.1) is 19.3 Å². The Morgan fingerprint density at radius 2 is 1.39 bits per heavy atom. The number of nitrogens with zero attached hydrogens (tertiary/aromatic N) is 1. The third-order valence-electron chi connectivity index (χ3n) is 16.7. The van der Waals surface area contributed by atoms with Crippen LogP contribution in [-0.2, 0) is 9.47 Å². The Bertz CT molecular complexity index is 1190. The molecule has 4 aliphatic rings. The van der Waals surface area contributed by atoms with Crippen LogP contribution in [0.1, 0.15) is 221 Å². The molecule has 0 spiro atoms. The van der Waals surface area contributed by atoms with Crippen molar-refractivity contribution in [3.05, 3.63) is 36.0 Å². The average molecular weight is 820 g/mol. The number of unbranched alkanes of at least 4 members (excludes halogenated alkanes) is 11. The van der Waals surface area contributed by atoms with Crippen molar-refractivity contribution in [1.29, 1.82) is 0 Å². The van der Waals surface area contributed by atoms with E-state index in [4.69, 9.17) is 9.47 Å². The lowest BCUT2D eigenvalue weighted by Gasteiger charge is -2.58. The molecule has 0 N–H and O–H groups in total. The van der Waals surface area contributed by atoms with Gasteiger partial charge in [-0.1, -0.05) is 155 Å². The summed E-state index contributed by atoms with van der Waals surface area (Å²) < 4.78 is 12.7. The Balaban J connectivity index is 1.02. The highest BCUT2D eigenvalue weighted by Crippen LogP contribution is 2.67. The van der Waals surface area contributed by atoms with Gasteiger partial charge < -0.3 is 14.4 Å². The zero-order chi connectivity index (χ0) is 42.4. The molecule has 342 valence electrons. The minimum absolute atomic E-state index is 0.389. The minimum Gasteiger partial charge on any atom is -0.379 e. The summed E-state index contributed by atoms with van der Waals surface area (Å²) in [6, 6.07) is 0. The Morgan fingerprint density at radius 1 is 0.695 bits per heavy atom. The first-order valence-corrected chi connectivity index (χ1v) is 26.4. The summed E-state index contributed by atoms with van der Waals surface area (Å²) in [6.07, 6.45) is 50.6. The summed E-state index contributed by atoms with van der Waals surface area (Å²) in [5.41, 5.74) is 2.75. The van der Waals surface area contributed by atoms with Crippen molar-refractivity contribution in [3.63, 3.8) is 0 Å². The van der Waals surface area contributed by atoms with Crippen molar-refractivity contribution in [3.8, 4) is 0 Å². The van der Waals surface area contributed by atoms with Crippen molar-refractivity contribution in [1.82, 2.24) is 4.90 Å². The monoisotopic (exact) mass is 820 g/mol. The van der Waals surface area contributed by atoms with Crippen LogP contribution in [0.3, 0.4) is 0 Å². The van der Waals surface area contributed by atoms with E-state index in [0.717, 1.165) is 67.7 Å². The molecule has 0 saturated heterocycles. The summed E-state index contributed by atoms with van der Waals surface area (Å²) in [7, 11) is 4.48. The molecule has 3 heteroatoms. The molecule has 0 aliphatic heterocycles. The second-order valence-electron chi connectivity index (χ2n) is 22.0. The molecule has 0 aromatic carbocycles. The number of fused-ring (bicyclic) bond motifs is 5. The maximum Gasteiger partial charge on any atom is 0.0704 e. The van der Waals surface area contributed by atoms with E-state index in [1.165, 1.54) is 180 Å². The summed E-state index contributed by atoms with van der Waals surface area (Å²) in [4.78, 5) is 2.39. The van der Waals surface area contributed by atoms with Gasteiger partial charge in [-0.3, -0.25) is 0 Å². The van der Waals surface area contributed by atoms with Gasteiger partial charge in [0.15, 0.2) is 0 Å². The van der Waals surface area contributed by atoms with Crippen molar-refractivity contribution < 1.29 is 9.47 Å². The number of hydrogen-bond acceptors (Lipinski definition) is 3. The fourth-order valence-corrected chi connectivity index (χ4v) is 13.3. The molecule has 4 aliphatic carbocycles. The smallest absolute Gasteiger partial charge is 0.0704 e. The standard InChI is InChI=1S/C56H101NO2/c1-9-10-11-12-13-14-15-16-17-18-19-20-21-22-23-24-25-26-31-48(45-57(7)8)32-28-41-58-42-43-59-50-37-39-55(5)49(44-50)33-34-51-53-36-35-52(47(4)30-27-29-46(2)3)56(53,6)40-38-54(51)55/h13-14,16-17,33,46-48,50-54H,9-12,15,18-32,34-45H2,1-8H3. The first kappa shape index (κ1) is 50.7. The van der Waals surface area contributed by atoms with Crippen LogP contribution >= 0.6 is 0 Å². The van der Waals surface area contributed by atoms with Gasteiger partial charge in [0, 0.05) is 13.2 Å². The Morgan fingerprint density at radius 3 is 2.10 bits per heavy atom. The Labute approximate surface area is 369 Å². The van der Waals surface area contributed by atoms with Crippen molar-refractivity contribution in [2.75, 3.05) is 40.5 Å². The zero-order valence-corrected chi connectivity index (χ0v) is 40.9. The highest BCUT2D eigenvalue weighted by molar-refractivity contribution is 5.25. The normalized spacial score (nSPS) is 29.3. The van der Waals surface area contributed by atoms with E-state index in [1.807, 2.05) is 0 Å². The molecule has 0 aromatic rings. The van der Waals surface area contributed by atoms with Gasteiger partial charge >= 0.3 is 0 Å². The fourth-order valence-electron chi connectivity index (χ4n) is 13.3. The molecule has 3 fully saturated rings. The second-order valence-corrected chi connectivity index (χ2v) is 22.0. The first-order chi connectivity index (χ1) is 28.6. The summed E-state index contributed by atoms with van der Waals surface area (Å²) in [5.74, 6) is 6.25. The summed E-state index contributed by atoms with van der Waals surface area (Å²) in [6.45, 7) is 18.7. The molecular formula is C56H101NO2. The van der Waals surface area contributed by atoms with E-state index < -0.39 is 0 Å². The van der Waals surface area contributed by atoms with Crippen LogP contribution in [0, 0.1) is 52.3 Å². The largest absolute Gasteiger partial charge is 0.379 e. The van der Waals surface area contributed by atoms with Gasteiger partial charge in [-0.15, -0.1) is 0 Å². The quantitative estimate of drug-likeness (QED) is 0.0498. The molecule has 0 bridgehead atoms. The van der Waals surface area contributed by atoms with Crippen LogP contribution in [-0.4, -0.2) is 51.5 Å². The van der Waals surface area contributed by atoms with Crippen LogP contribution in [0.5, 0.6) is 0 Å². The van der Waals surface area contributed by atoms with Crippen LogP contribution in [0.2, 0.25) is 0 Å². The highest BCUT2D eigenvalue weighted by Gasteiger charge is 2.59. The van der Waals surface area contributed by atoms with Gasteiger partial charge in [0.1, 0.15) is 0 Å². The van der Waals surface area contributed by atoms with Crippen molar-refractivity contribution >= 4 is 0 Å². The average Bonchev–Trinajstić information content (AvgIpc) is 3.57. The first-order valence-electron chi connectivity index (χ1n) is 26.4. The topological polar surface area (TPSA) is 21.7 Å². The van der Waals surface area contributed by atoms with Crippen molar-refractivity contribution in [2.45, 2.75) is 227 Å². The molecule has 9 atom stereocenters. The zero-order valence-electron chi connectivity index (χ0n) is 40.9. The van der Waals surface area contributed by atoms with E-state index in [9.17, 15) is 0 Å². The summed E-state index contributed by atoms with van der Waals surface area (Å²) >= 11 is 0. The maximum absolute atomic E-state index is 6.53. The maximum atomic E-state index is 6.53. The third-order valence-corrected chi connectivity index (χ3v) is 16.7. The third kappa shape index (κ3) is 17.0. The van der Waals surface area contributed by atoms with Gasteiger partial charge in [-0.2, -0.15) is 0 Å². The van der Waals surface area contributed by atoms with E-state index in [-0.39, 0.29) is 0 Å². The molecule has 0 amide bonds. The molecule has 3 saturated carbocycles. The Hall–Kier alpha value is -0.900. The van der Waals surface area contributed by atoms with Crippen molar-refractivity contribution in [2.24, 2.45) is 52.3 Å². The highest BCUT2D eigenvalue weighted by atomic mass is 16.5. The Kier molecular flexibility index (Phi) is 24.1. The molecule has 0 aromatic heterocycles. The predicted molar refractivity (Wildman–Crippen MR) is 258 cm³/mol. The predicted octanol–water partition coefficient (Wildman–Crippen LogP) is 16.4. The molecule has 3 nitrogen and oxygen atoms in total. The van der Waals surface area contributed by atoms with E-state index in [2.05, 4.69) is 90.9 Å². The van der Waals surface area contributed by atoms with Gasteiger partial charge in [-0.25, -0.2) is 0 Å². The van der Waals surface area contributed by atoms with Gasteiger partial charge in [-0.05, 0) is 169 Å². The summed E-state index contributed by atoms with van der Waals surface area (Å²) in [5, 5.41) is 0. The number of ether oxygens (including phenoxy) is 2. The second kappa shape index (κ2) is 28.0. The molecule has 59 heavy (non-hydrogen) atoms. The van der Waals surface area contributed by atoms with E-state index in [1.54, 1.807) is 5.57 Å². The number of hydrogen-bond donors (Lipinski definition) is 0. The molecule has 4 rings (SSSR count). The minimum atomic E-state index is 0.389. The van der Waals surface area contributed by atoms with Crippen LogP contribution in [0.4, 0.5) is 0 Å². The molecular weight excluding hydrogens is 719 g/mol. The van der Waals surface area contributed by atoms with E-state index >= 15 is 0 Å². The lowest BCUT2D eigenvalue weighted by Crippen LogP contribution is -2.51. The van der Waals surface area contributed by atoms with Crippen LogP contribution in [0.25, 0.3) is 0 Å². The lowest BCUT2D eigenvalue weighted by molar-refractivity contribution is -0.0678. The SMILES string of the molecule is CCCCCC=CCC=CCCCCCCCCCCC(CCCOCCOC1CCC2(C)C(=CCC3C2CCC2(C)C(C(C)CCCC(C)C)CCC32)C1)CN(C)C. The molecule has 9 unspecified atom stereocenters. The fraction of sp³-hybridized carbons (Fsp3) is 0.893. The lowest BCUT2D eigenvalue weighted by atomic mass is 9.47. The van der Waals surface area contributed by atoms with Gasteiger partial charge in [0.2, 0.25) is 0 Å². The van der Waals surface area contributed by atoms with Crippen LogP contribution < -0.4 is 0 Å². The van der Waals surface area contributed by atoms with E-state index in [0.29, 0.717) is 16.9 Å². The number of allylic oxidation sites excluding steroid dienone is 5.